The van der Waals surface area contributed by atoms with Gasteiger partial charge >= 0.3 is 0 Å². The number of hydrogen-bond acceptors (Lipinski definition) is 5. The van der Waals surface area contributed by atoms with Gasteiger partial charge in [0.1, 0.15) is 24.4 Å². The second kappa shape index (κ2) is 8.87. The molecular formula is C24H24N4O3. The van der Waals surface area contributed by atoms with Gasteiger partial charge in [0.25, 0.3) is 5.91 Å². The van der Waals surface area contributed by atoms with Crippen LogP contribution in [0, 0.1) is 20.8 Å². The first-order chi connectivity index (χ1) is 15.0. The number of furan rings is 1. The highest BCUT2D eigenvalue weighted by Gasteiger charge is 2.14. The lowest BCUT2D eigenvalue weighted by Gasteiger charge is -2.06. The number of benzene rings is 2. The number of rotatable bonds is 7. The average Bonchev–Trinajstić information content (AvgIpc) is 3.38. The van der Waals surface area contributed by atoms with Crippen LogP contribution in [0.2, 0.25) is 0 Å². The summed E-state index contributed by atoms with van der Waals surface area (Å²) < 4.78 is 13.0. The normalized spacial score (nSPS) is 10.8. The number of ether oxygens (including phenoxy) is 1. The van der Waals surface area contributed by atoms with Crippen molar-refractivity contribution in [1.29, 1.82) is 0 Å². The lowest BCUT2D eigenvalue weighted by Crippen LogP contribution is -2.12. The number of hydrogen-bond donors (Lipinski definition) is 1. The van der Waals surface area contributed by atoms with Crippen LogP contribution in [0.3, 0.4) is 0 Å². The number of nitrogens with zero attached hydrogens (tertiary/aromatic N) is 3. The van der Waals surface area contributed by atoms with E-state index in [0.717, 1.165) is 16.9 Å². The molecule has 4 aromatic rings. The predicted octanol–water partition coefficient (Wildman–Crippen LogP) is 4.68. The molecule has 2 aromatic heterocycles. The van der Waals surface area contributed by atoms with Crippen LogP contribution in [0.1, 0.15) is 38.6 Å². The highest BCUT2D eigenvalue weighted by atomic mass is 16.5. The second-order valence-corrected chi connectivity index (χ2v) is 7.51. The molecule has 0 saturated carbocycles. The fourth-order valence-corrected chi connectivity index (χ4v) is 3.12. The van der Waals surface area contributed by atoms with E-state index in [1.54, 1.807) is 23.1 Å². The van der Waals surface area contributed by atoms with Crippen LogP contribution >= 0.6 is 0 Å². The van der Waals surface area contributed by atoms with Crippen LogP contribution in [0.25, 0.3) is 0 Å². The van der Waals surface area contributed by atoms with Crippen molar-refractivity contribution in [2.24, 2.45) is 0 Å². The molecule has 2 heterocycles. The van der Waals surface area contributed by atoms with E-state index >= 15 is 0 Å². The standard InChI is InChI=1S/C24H24N4O3/c1-16-5-4-6-19(11-16)13-28-15-25-24(27-28)26-23(29)22-10-9-21(31-22)14-30-20-8-7-17(2)18(3)12-20/h4-12,15H,13-14H2,1-3H3,(H,26,27,29). The van der Waals surface area contributed by atoms with Crippen LogP contribution in [-0.2, 0) is 13.2 Å². The highest BCUT2D eigenvalue weighted by molar-refractivity contribution is 6.01. The Morgan fingerprint density at radius 1 is 1.06 bits per heavy atom. The molecule has 7 nitrogen and oxygen atoms in total. The van der Waals surface area contributed by atoms with Gasteiger partial charge in [-0.15, -0.1) is 5.10 Å². The van der Waals surface area contributed by atoms with Gasteiger partial charge in [-0.25, -0.2) is 9.67 Å². The van der Waals surface area contributed by atoms with Crippen molar-refractivity contribution in [3.63, 3.8) is 0 Å². The molecule has 1 N–H and O–H groups in total. The van der Waals surface area contributed by atoms with Gasteiger partial charge in [0, 0.05) is 0 Å². The molecule has 0 aliphatic carbocycles. The number of nitrogens with one attached hydrogen (secondary N) is 1. The van der Waals surface area contributed by atoms with E-state index in [2.05, 4.69) is 28.4 Å². The van der Waals surface area contributed by atoms with Gasteiger partial charge in [-0.1, -0.05) is 35.9 Å². The Morgan fingerprint density at radius 2 is 1.94 bits per heavy atom. The molecule has 0 atom stereocenters. The summed E-state index contributed by atoms with van der Waals surface area (Å²) in [6.45, 7) is 6.94. The first-order valence-electron chi connectivity index (χ1n) is 10.0. The quantitative estimate of drug-likeness (QED) is 0.473. The van der Waals surface area contributed by atoms with Crippen molar-refractivity contribution in [2.75, 3.05) is 5.32 Å². The van der Waals surface area contributed by atoms with Gasteiger partial charge in [0.2, 0.25) is 5.95 Å². The van der Waals surface area contributed by atoms with Crippen molar-refractivity contribution in [2.45, 2.75) is 33.9 Å². The maximum absolute atomic E-state index is 12.5. The number of aryl methyl sites for hydroxylation is 3. The maximum Gasteiger partial charge on any atom is 0.293 e. The zero-order valence-electron chi connectivity index (χ0n) is 17.8. The Morgan fingerprint density at radius 3 is 2.74 bits per heavy atom. The molecule has 1 amide bonds. The SMILES string of the molecule is Cc1cccc(Cn2cnc(NC(=O)c3ccc(COc4ccc(C)c(C)c4)o3)n2)c1. The van der Waals surface area contributed by atoms with Crippen LogP contribution in [0.5, 0.6) is 5.75 Å². The summed E-state index contributed by atoms with van der Waals surface area (Å²) >= 11 is 0. The van der Waals surface area contributed by atoms with Crippen molar-refractivity contribution in [3.8, 4) is 5.75 Å². The van der Waals surface area contributed by atoms with E-state index in [9.17, 15) is 4.79 Å². The third kappa shape index (κ3) is 5.19. The third-order valence-electron chi connectivity index (χ3n) is 4.93. The first kappa shape index (κ1) is 20.4. The molecule has 0 spiro atoms. The molecule has 0 bridgehead atoms. The summed E-state index contributed by atoms with van der Waals surface area (Å²) in [5, 5.41) is 6.97. The van der Waals surface area contributed by atoms with Gasteiger partial charge in [-0.05, 0) is 61.7 Å². The van der Waals surface area contributed by atoms with Crippen molar-refractivity contribution < 1.29 is 13.9 Å². The number of carbonyl (C=O) groups is 1. The number of carbonyl (C=O) groups excluding carboxylic acids is 1. The van der Waals surface area contributed by atoms with Gasteiger partial charge in [0.05, 0.1) is 6.54 Å². The monoisotopic (exact) mass is 416 g/mol. The summed E-state index contributed by atoms with van der Waals surface area (Å²) in [6.07, 6.45) is 1.59. The molecule has 4 rings (SSSR count). The molecule has 31 heavy (non-hydrogen) atoms. The van der Waals surface area contributed by atoms with E-state index < -0.39 is 5.91 Å². The molecule has 0 aliphatic rings. The Balaban J connectivity index is 1.33. The lowest BCUT2D eigenvalue weighted by atomic mass is 10.1. The Bertz CT molecular complexity index is 1210. The van der Waals surface area contributed by atoms with Gasteiger partial charge < -0.3 is 9.15 Å². The molecule has 0 fully saturated rings. The molecule has 0 unspecified atom stereocenters. The van der Waals surface area contributed by atoms with E-state index in [4.69, 9.17) is 9.15 Å². The second-order valence-electron chi connectivity index (χ2n) is 7.51. The summed E-state index contributed by atoms with van der Waals surface area (Å²) in [4.78, 5) is 16.6. The molecule has 0 radical (unpaired) electrons. The van der Waals surface area contributed by atoms with E-state index in [0.29, 0.717) is 12.3 Å². The van der Waals surface area contributed by atoms with Crippen LogP contribution in [0.4, 0.5) is 5.95 Å². The first-order valence-corrected chi connectivity index (χ1v) is 10.0. The minimum Gasteiger partial charge on any atom is -0.486 e. The number of amides is 1. The number of anilines is 1. The summed E-state index contributed by atoms with van der Waals surface area (Å²) in [6, 6.07) is 17.4. The average molecular weight is 416 g/mol. The summed E-state index contributed by atoms with van der Waals surface area (Å²) in [5.74, 6) is 1.30. The minimum atomic E-state index is -0.411. The van der Waals surface area contributed by atoms with E-state index in [-0.39, 0.29) is 18.3 Å². The lowest BCUT2D eigenvalue weighted by molar-refractivity contribution is 0.0991. The molecule has 0 saturated heterocycles. The smallest absolute Gasteiger partial charge is 0.293 e. The topological polar surface area (TPSA) is 82.2 Å². The minimum absolute atomic E-state index is 0.175. The van der Waals surface area contributed by atoms with Crippen molar-refractivity contribution in [1.82, 2.24) is 14.8 Å². The van der Waals surface area contributed by atoms with Gasteiger partial charge in [-0.3, -0.25) is 10.1 Å². The van der Waals surface area contributed by atoms with E-state index in [1.165, 1.54) is 11.1 Å². The number of aromatic nitrogens is 3. The molecule has 0 aliphatic heterocycles. The maximum atomic E-state index is 12.5. The third-order valence-corrected chi connectivity index (χ3v) is 4.93. The fraction of sp³-hybridized carbons (Fsp3) is 0.208. The largest absolute Gasteiger partial charge is 0.486 e. The Kier molecular flexibility index (Phi) is 5.84. The van der Waals surface area contributed by atoms with Crippen molar-refractivity contribution >= 4 is 11.9 Å². The molecule has 2 aromatic carbocycles. The van der Waals surface area contributed by atoms with Gasteiger partial charge in [0.15, 0.2) is 5.76 Å². The van der Waals surface area contributed by atoms with Crippen LogP contribution in [0.15, 0.2) is 65.3 Å². The molecule has 7 heteroatoms. The zero-order chi connectivity index (χ0) is 21.8. The zero-order valence-corrected chi connectivity index (χ0v) is 17.8. The summed E-state index contributed by atoms with van der Waals surface area (Å²) in [7, 11) is 0. The summed E-state index contributed by atoms with van der Waals surface area (Å²) in [5.41, 5.74) is 4.66. The molecule has 158 valence electrons. The van der Waals surface area contributed by atoms with Crippen LogP contribution < -0.4 is 10.1 Å². The van der Waals surface area contributed by atoms with Crippen LogP contribution in [-0.4, -0.2) is 20.7 Å². The Labute approximate surface area is 180 Å². The van der Waals surface area contributed by atoms with Crippen molar-refractivity contribution in [3.05, 3.63) is 94.7 Å². The highest BCUT2D eigenvalue weighted by Crippen LogP contribution is 2.19. The Hall–Kier alpha value is -3.87. The molecular weight excluding hydrogens is 392 g/mol. The van der Waals surface area contributed by atoms with E-state index in [1.807, 2.05) is 50.2 Å². The fourth-order valence-electron chi connectivity index (χ4n) is 3.12. The van der Waals surface area contributed by atoms with Gasteiger partial charge in [-0.2, -0.15) is 0 Å². The predicted molar refractivity (Wildman–Crippen MR) is 117 cm³/mol.